The fraction of sp³-hybridized carbons (Fsp3) is 0.348. The van der Waals surface area contributed by atoms with E-state index in [0.29, 0.717) is 17.3 Å². The molecule has 32 heavy (non-hydrogen) atoms. The van der Waals surface area contributed by atoms with Crippen LogP contribution in [0, 0.1) is 11.6 Å². The lowest BCUT2D eigenvalue weighted by Crippen LogP contribution is -2.11. The van der Waals surface area contributed by atoms with Crippen LogP contribution in [-0.4, -0.2) is 33.7 Å². The monoisotopic (exact) mass is 461 g/mol. The number of pyridine rings is 1. The molecule has 9 heteroatoms. The van der Waals surface area contributed by atoms with E-state index in [1.807, 2.05) is 30.5 Å². The minimum atomic E-state index is -0.633. The Kier molecular flexibility index (Phi) is 8.35. The molecule has 2 heterocycles. The van der Waals surface area contributed by atoms with Gasteiger partial charge in [0.15, 0.2) is 0 Å². The molecule has 0 radical (unpaired) electrons. The van der Waals surface area contributed by atoms with Crippen molar-refractivity contribution < 1.29 is 23.0 Å². The van der Waals surface area contributed by atoms with Crippen LogP contribution in [0.2, 0.25) is 0 Å². The summed E-state index contributed by atoms with van der Waals surface area (Å²) in [5.41, 5.74) is 1.76. The standard InChI is InChI=1S/C23H25F2N3O3S/c1-15(2)22-23(32-20-10-18(24)9-19(25)11-20)28(13-17-5-4-6-26-12-17)21(27-22)14-30-7-8-31-16(3)29/h4-6,9-12,15H,7-8,13-14H2,1-3H3. The van der Waals surface area contributed by atoms with Crippen molar-refractivity contribution in [1.82, 2.24) is 14.5 Å². The Labute approximate surface area is 190 Å². The quantitative estimate of drug-likeness (QED) is 0.314. The molecule has 0 aliphatic heterocycles. The van der Waals surface area contributed by atoms with Gasteiger partial charge in [0.2, 0.25) is 0 Å². The maximum absolute atomic E-state index is 13.8. The van der Waals surface area contributed by atoms with E-state index in [1.54, 1.807) is 12.4 Å². The fourth-order valence-corrected chi connectivity index (χ4v) is 4.27. The third-order valence-corrected chi connectivity index (χ3v) is 5.54. The van der Waals surface area contributed by atoms with Gasteiger partial charge in [0.25, 0.3) is 0 Å². The lowest BCUT2D eigenvalue weighted by molar-refractivity contribution is -0.142. The largest absolute Gasteiger partial charge is 0.463 e. The molecule has 3 rings (SSSR count). The van der Waals surface area contributed by atoms with Gasteiger partial charge >= 0.3 is 5.97 Å². The Morgan fingerprint density at radius 1 is 1.19 bits per heavy atom. The first-order valence-corrected chi connectivity index (χ1v) is 11.0. The molecule has 0 spiro atoms. The number of imidazole rings is 1. The number of benzene rings is 1. The predicted octanol–water partition coefficient (Wildman–Crippen LogP) is 4.96. The normalized spacial score (nSPS) is 11.2. The molecular formula is C23H25F2N3O3S. The van der Waals surface area contributed by atoms with Gasteiger partial charge < -0.3 is 14.0 Å². The maximum Gasteiger partial charge on any atom is 0.302 e. The van der Waals surface area contributed by atoms with E-state index < -0.39 is 11.6 Å². The van der Waals surface area contributed by atoms with Crippen molar-refractivity contribution in [3.8, 4) is 0 Å². The molecular weight excluding hydrogens is 436 g/mol. The third kappa shape index (κ3) is 6.61. The number of aromatic nitrogens is 3. The Hall–Kier alpha value is -2.78. The van der Waals surface area contributed by atoms with E-state index in [2.05, 4.69) is 4.98 Å². The second kappa shape index (κ2) is 11.2. The van der Waals surface area contributed by atoms with Gasteiger partial charge in [-0.2, -0.15) is 0 Å². The van der Waals surface area contributed by atoms with E-state index in [1.165, 1.54) is 30.8 Å². The highest BCUT2D eigenvalue weighted by atomic mass is 32.2. The van der Waals surface area contributed by atoms with Gasteiger partial charge in [0.05, 0.1) is 18.8 Å². The highest BCUT2D eigenvalue weighted by molar-refractivity contribution is 7.99. The molecule has 0 aliphatic carbocycles. The summed E-state index contributed by atoms with van der Waals surface area (Å²) in [5, 5.41) is 0.785. The molecule has 0 bridgehead atoms. The summed E-state index contributed by atoms with van der Waals surface area (Å²) in [6, 6.07) is 7.25. The van der Waals surface area contributed by atoms with Crippen LogP contribution in [0.4, 0.5) is 8.78 Å². The summed E-state index contributed by atoms with van der Waals surface area (Å²) in [5.74, 6) is -0.891. The van der Waals surface area contributed by atoms with Crippen LogP contribution in [0.1, 0.15) is 43.8 Å². The zero-order chi connectivity index (χ0) is 23.1. The Morgan fingerprint density at radius 3 is 2.56 bits per heavy atom. The Morgan fingerprint density at radius 2 is 1.94 bits per heavy atom. The van der Waals surface area contributed by atoms with E-state index in [4.69, 9.17) is 14.5 Å². The van der Waals surface area contributed by atoms with Gasteiger partial charge in [-0.15, -0.1) is 0 Å². The lowest BCUT2D eigenvalue weighted by Gasteiger charge is -2.14. The smallest absolute Gasteiger partial charge is 0.302 e. The number of ether oxygens (including phenoxy) is 2. The minimum absolute atomic E-state index is 0.0749. The van der Waals surface area contributed by atoms with Crippen molar-refractivity contribution in [2.45, 2.75) is 49.8 Å². The molecule has 0 amide bonds. The van der Waals surface area contributed by atoms with Crippen molar-refractivity contribution in [2.75, 3.05) is 13.2 Å². The van der Waals surface area contributed by atoms with Crippen molar-refractivity contribution in [2.24, 2.45) is 0 Å². The number of carbonyl (C=O) groups excluding carboxylic acids is 1. The van der Waals surface area contributed by atoms with Crippen LogP contribution in [0.15, 0.2) is 52.6 Å². The van der Waals surface area contributed by atoms with Crippen molar-refractivity contribution in [3.05, 3.63) is 71.4 Å². The van der Waals surface area contributed by atoms with Gasteiger partial charge in [-0.3, -0.25) is 9.78 Å². The van der Waals surface area contributed by atoms with Gasteiger partial charge in [0.1, 0.15) is 35.7 Å². The summed E-state index contributed by atoms with van der Waals surface area (Å²) in [6.45, 7) is 6.41. The highest BCUT2D eigenvalue weighted by Crippen LogP contribution is 2.36. The van der Waals surface area contributed by atoms with Crippen molar-refractivity contribution in [3.63, 3.8) is 0 Å². The van der Waals surface area contributed by atoms with Gasteiger partial charge in [-0.05, 0) is 29.7 Å². The lowest BCUT2D eigenvalue weighted by atomic mass is 10.1. The molecule has 6 nitrogen and oxygen atoms in total. The number of rotatable bonds is 10. The molecule has 0 atom stereocenters. The zero-order valence-corrected chi connectivity index (χ0v) is 19.0. The summed E-state index contributed by atoms with van der Waals surface area (Å²) in [7, 11) is 0. The first-order valence-electron chi connectivity index (χ1n) is 10.2. The molecule has 170 valence electrons. The molecule has 0 fully saturated rings. The second-order valence-corrected chi connectivity index (χ2v) is 8.48. The number of carbonyl (C=O) groups is 1. The van der Waals surface area contributed by atoms with Gasteiger partial charge in [0, 0.05) is 30.3 Å². The van der Waals surface area contributed by atoms with E-state index >= 15 is 0 Å². The molecule has 0 unspecified atom stereocenters. The maximum atomic E-state index is 13.8. The molecule has 0 saturated heterocycles. The number of hydrogen-bond acceptors (Lipinski definition) is 6. The Balaban J connectivity index is 1.94. The minimum Gasteiger partial charge on any atom is -0.463 e. The number of esters is 1. The average molecular weight is 462 g/mol. The number of nitrogens with zero attached hydrogens (tertiary/aromatic N) is 3. The summed E-state index contributed by atoms with van der Waals surface area (Å²) < 4.78 is 40.2. The van der Waals surface area contributed by atoms with Crippen LogP contribution in [0.25, 0.3) is 0 Å². The molecule has 0 aliphatic rings. The molecule has 3 aromatic rings. The number of hydrogen-bond donors (Lipinski definition) is 0. The van der Waals surface area contributed by atoms with Crippen LogP contribution in [0.5, 0.6) is 0 Å². The fourth-order valence-electron chi connectivity index (χ4n) is 3.04. The molecule has 0 saturated carbocycles. The van der Waals surface area contributed by atoms with Crippen LogP contribution in [-0.2, 0) is 27.4 Å². The molecule has 1 aromatic carbocycles. The van der Waals surface area contributed by atoms with Crippen molar-refractivity contribution >= 4 is 17.7 Å². The van der Waals surface area contributed by atoms with Crippen LogP contribution >= 0.6 is 11.8 Å². The van der Waals surface area contributed by atoms with E-state index in [9.17, 15) is 13.6 Å². The summed E-state index contributed by atoms with van der Waals surface area (Å²) in [6.07, 6.45) is 3.46. The zero-order valence-electron chi connectivity index (χ0n) is 18.2. The molecule has 2 aromatic heterocycles. The second-order valence-electron chi connectivity index (χ2n) is 7.42. The third-order valence-electron chi connectivity index (χ3n) is 4.45. The predicted molar refractivity (Wildman–Crippen MR) is 116 cm³/mol. The molecule has 0 N–H and O–H groups in total. The van der Waals surface area contributed by atoms with E-state index in [-0.39, 0.29) is 31.7 Å². The summed E-state index contributed by atoms with van der Waals surface area (Å²) in [4.78, 5) is 20.3. The Bertz CT molecular complexity index is 1040. The van der Waals surface area contributed by atoms with Gasteiger partial charge in [-0.1, -0.05) is 31.7 Å². The topological polar surface area (TPSA) is 66.2 Å². The van der Waals surface area contributed by atoms with Crippen molar-refractivity contribution in [1.29, 1.82) is 0 Å². The average Bonchev–Trinajstić information content (AvgIpc) is 3.05. The van der Waals surface area contributed by atoms with Crippen LogP contribution < -0.4 is 0 Å². The van der Waals surface area contributed by atoms with Gasteiger partial charge in [-0.25, -0.2) is 13.8 Å². The highest BCUT2D eigenvalue weighted by Gasteiger charge is 2.21. The first-order chi connectivity index (χ1) is 15.3. The summed E-state index contributed by atoms with van der Waals surface area (Å²) >= 11 is 1.26. The van der Waals surface area contributed by atoms with Crippen LogP contribution in [0.3, 0.4) is 0 Å². The SMILES string of the molecule is CC(=O)OCCOCc1nc(C(C)C)c(Sc2cc(F)cc(F)c2)n1Cc1cccnc1. The first kappa shape index (κ1) is 23.9. The number of halogens is 2. The van der Waals surface area contributed by atoms with E-state index in [0.717, 1.165) is 22.3 Å².